The van der Waals surface area contributed by atoms with E-state index < -0.39 is 0 Å². The lowest BCUT2D eigenvalue weighted by Gasteiger charge is -2.14. The second kappa shape index (κ2) is 10.1. The maximum atomic E-state index is 6.23. The van der Waals surface area contributed by atoms with Gasteiger partial charge in [0.05, 0.1) is 0 Å². The van der Waals surface area contributed by atoms with Crippen molar-refractivity contribution in [1.29, 1.82) is 0 Å². The highest BCUT2D eigenvalue weighted by molar-refractivity contribution is 5.92. The van der Waals surface area contributed by atoms with Crippen LogP contribution in [0.5, 0.6) is 0 Å². The Bertz CT molecular complexity index is 1190. The maximum Gasteiger partial charge on any atom is 0.0396 e. The van der Waals surface area contributed by atoms with Crippen molar-refractivity contribution in [3.63, 3.8) is 0 Å². The fraction of sp³-hybridized carbons (Fsp3) is 0.172. The molecule has 0 aliphatic carbocycles. The third-order valence-electron chi connectivity index (χ3n) is 5.65. The first-order valence-corrected chi connectivity index (χ1v) is 11.1. The van der Waals surface area contributed by atoms with Gasteiger partial charge in [-0.25, -0.2) is 0 Å². The molecule has 0 saturated carbocycles. The van der Waals surface area contributed by atoms with Gasteiger partial charge in [-0.1, -0.05) is 68.4 Å². The minimum atomic E-state index is 0.468. The minimum Gasteiger partial charge on any atom is -0.399 e. The molecular formula is C29H34N4. The van der Waals surface area contributed by atoms with Crippen molar-refractivity contribution in [3.05, 3.63) is 95.6 Å². The summed E-state index contributed by atoms with van der Waals surface area (Å²) in [7, 11) is 0. The van der Waals surface area contributed by atoms with Crippen molar-refractivity contribution in [3.8, 4) is 22.3 Å². The molecule has 0 aliphatic heterocycles. The van der Waals surface area contributed by atoms with Gasteiger partial charge in [0.2, 0.25) is 0 Å². The number of rotatable bonds is 3. The first kappa shape index (κ1) is 23.7. The number of hydrogen-bond donors (Lipinski definition) is 4. The maximum absolute atomic E-state index is 6.23. The zero-order valence-corrected chi connectivity index (χ0v) is 19.9. The van der Waals surface area contributed by atoms with E-state index in [0.29, 0.717) is 5.92 Å². The van der Waals surface area contributed by atoms with E-state index >= 15 is 0 Å². The Morgan fingerprint density at radius 3 is 1.39 bits per heavy atom. The standard InChI is InChI=1S/C20H20N2.C9H14N2/c1-13-7-9-17(19(21)11-13)15-5-3-4-6-16(15)18-10-8-14(2)12-20(18)22;1-6(2)8-4-3-7(10)5-9(8)11/h3-12H,21-22H2,1-2H3;3-6H,10-11H2,1-2H3. The zero-order chi connectivity index (χ0) is 24.1. The molecular weight excluding hydrogens is 404 g/mol. The van der Waals surface area contributed by atoms with Crippen molar-refractivity contribution in [1.82, 2.24) is 0 Å². The molecule has 0 spiro atoms. The molecule has 4 aromatic carbocycles. The monoisotopic (exact) mass is 438 g/mol. The largest absolute Gasteiger partial charge is 0.399 e. The lowest BCUT2D eigenvalue weighted by atomic mass is 9.92. The summed E-state index contributed by atoms with van der Waals surface area (Å²) in [6.45, 7) is 8.32. The number of nitrogen functional groups attached to an aromatic ring is 4. The van der Waals surface area contributed by atoms with Gasteiger partial charge in [0.25, 0.3) is 0 Å². The fourth-order valence-corrected chi connectivity index (χ4v) is 3.93. The number of aryl methyl sites for hydroxylation is 2. The van der Waals surface area contributed by atoms with Crippen molar-refractivity contribution >= 4 is 22.7 Å². The van der Waals surface area contributed by atoms with Crippen LogP contribution in [-0.2, 0) is 0 Å². The third kappa shape index (κ3) is 5.66. The summed E-state index contributed by atoms with van der Waals surface area (Å²) < 4.78 is 0. The van der Waals surface area contributed by atoms with Crippen LogP contribution < -0.4 is 22.9 Å². The van der Waals surface area contributed by atoms with Crippen molar-refractivity contribution in [2.45, 2.75) is 33.6 Å². The van der Waals surface area contributed by atoms with Crippen molar-refractivity contribution < 1.29 is 0 Å². The van der Waals surface area contributed by atoms with E-state index in [2.05, 4.69) is 50.2 Å². The topological polar surface area (TPSA) is 104 Å². The van der Waals surface area contributed by atoms with E-state index in [-0.39, 0.29) is 0 Å². The predicted octanol–water partition coefficient (Wildman–Crippen LogP) is 6.78. The molecule has 0 atom stereocenters. The molecule has 4 nitrogen and oxygen atoms in total. The molecule has 0 radical (unpaired) electrons. The van der Waals surface area contributed by atoms with E-state index in [1.807, 2.05) is 50.2 Å². The Morgan fingerprint density at radius 2 is 1.00 bits per heavy atom. The van der Waals surface area contributed by atoms with Crippen LogP contribution in [0.2, 0.25) is 0 Å². The van der Waals surface area contributed by atoms with Crippen LogP contribution in [0.15, 0.2) is 78.9 Å². The molecule has 8 N–H and O–H groups in total. The van der Waals surface area contributed by atoms with Gasteiger partial charge in [-0.05, 0) is 71.8 Å². The molecule has 4 aromatic rings. The average Bonchev–Trinajstić information content (AvgIpc) is 2.74. The highest BCUT2D eigenvalue weighted by Gasteiger charge is 2.11. The summed E-state index contributed by atoms with van der Waals surface area (Å²) in [6.07, 6.45) is 0. The zero-order valence-electron chi connectivity index (χ0n) is 19.9. The first-order valence-electron chi connectivity index (χ1n) is 11.1. The molecule has 0 unspecified atom stereocenters. The predicted molar refractivity (Wildman–Crippen MR) is 145 cm³/mol. The smallest absolute Gasteiger partial charge is 0.0396 e. The molecule has 0 amide bonds. The van der Waals surface area contributed by atoms with Crippen LogP contribution in [0.25, 0.3) is 22.3 Å². The SMILES string of the molecule is CC(C)c1ccc(N)cc1N.Cc1ccc(-c2ccccc2-c2ccc(C)cc2N)c(N)c1. The number of benzene rings is 4. The van der Waals surface area contributed by atoms with Gasteiger partial charge < -0.3 is 22.9 Å². The molecule has 33 heavy (non-hydrogen) atoms. The van der Waals surface area contributed by atoms with Gasteiger partial charge in [0, 0.05) is 33.9 Å². The van der Waals surface area contributed by atoms with Crippen LogP contribution in [-0.4, -0.2) is 0 Å². The Kier molecular flexibility index (Phi) is 7.29. The number of nitrogens with two attached hydrogens (primary N) is 4. The number of hydrogen-bond acceptors (Lipinski definition) is 4. The summed E-state index contributed by atoms with van der Waals surface area (Å²) in [5.74, 6) is 0.468. The lowest BCUT2D eigenvalue weighted by Crippen LogP contribution is -1.97. The molecule has 0 bridgehead atoms. The summed E-state index contributed by atoms with van der Waals surface area (Å²) in [5.41, 5.74) is 34.6. The summed E-state index contributed by atoms with van der Waals surface area (Å²) in [6, 6.07) is 26.2. The highest BCUT2D eigenvalue weighted by atomic mass is 14.6. The normalized spacial score (nSPS) is 10.6. The van der Waals surface area contributed by atoms with Gasteiger partial charge in [0.15, 0.2) is 0 Å². The molecule has 0 fully saturated rings. The molecule has 0 saturated heterocycles. The Labute approximate surface area is 197 Å². The first-order chi connectivity index (χ1) is 15.7. The molecule has 4 heteroatoms. The van der Waals surface area contributed by atoms with E-state index in [4.69, 9.17) is 22.9 Å². The van der Waals surface area contributed by atoms with Crippen LogP contribution >= 0.6 is 0 Å². The Hall–Kier alpha value is -3.92. The van der Waals surface area contributed by atoms with Gasteiger partial charge in [-0.15, -0.1) is 0 Å². The minimum absolute atomic E-state index is 0.468. The van der Waals surface area contributed by atoms with E-state index in [0.717, 1.165) is 56.1 Å². The molecule has 170 valence electrons. The third-order valence-corrected chi connectivity index (χ3v) is 5.65. The van der Waals surface area contributed by atoms with E-state index in [1.165, 1.54) is 5.56 Å². The van der Waals surface area contributed by atoms with Crippen LogP contribution in [0.3, 0.4) is 0 Å². The van der Waals surface area contributed by atoms with Gasteiger partial charge in [0.1, 0.15) is 0 Å². The Balaban J connectivity index is 0.000000235. The molecule has 0 aromatic heterocycles. The van der Waals surface area contributed by atoms with E-state index in [1.54, 1.807) is 6.07 Å². The summed E-state index contributed by atoms with van der Waals surface area (Å²) >= 11 is 0. The van der Waals surface area contributed by atoms with Crippen LogP contribution in [0.1, 0.15) is 36.5 Å². The van der Waals surface area contributed by atoms with E-state index in [9.17, 15) is 0 Å². The second-order valence-electron chi connectivity index (χ2n) is 8.77. The van der Waals surface area contributed by atoms with Crippen molar-refractivity contribution in [2.75, 3.05) is 22.9 Å². The van der Waals surface area contributed by atoms with Crippen molar-refractivity contribution in [2.24, 2.45) is 0 Å². The molecule has 0 heterocycles. The molecule has 0 aliphatic rings. The highest BCUT2D eigenvalue weighted by Crippen LogP contribution is 2.37. The lowest BCUT2D eigenvalue weighted by molar-refractivity contribution is 0.870. The molecule has 4 rings (SSSR count). The van der Waals surface area contributed by atoms with Crippen LogP contribution in [0.4, 0.5) is 22.7 Å². The average molecular weight is 439 g/mol. The summed E-state index contributed by atoms with van der Waals surface area (Å²) in [5, 5.41) is 0. The quantitative estimate of drug-likeness (QED) is 0.265. The van der Waals surface area contributed by atoms with Crippen LogP contribution in [0, 0.1) is 13.8 Å². The fourth-order valence-electron chi connectivity index (χ4n) is 3.93. The van der Waals surface area contributed by atoms with Gasteiger partial charge in [-0.2, -0.15) is 0 Å². The second-order valence-corrected chi connectivity index (χ2v) is 8.77. The summed E-state index contributed by atoms with van der Waals surface area (Å²) in [4.78, 5) is 0. The van der Waals surface area contributed by atoms with Gasteiger partial charge >= 0.3 is 0 Å². The Morgan fingerprint density at radius 1 is 0.515 bits per heavy atom. The van der Waals surface area contributed by atoms with Gasteiger partial charge in [-0.3, -0.25) is 0 Å². The number of anilines is 4.